The van der Waals surface area contributed by atoms with Crippen LogP contribution in [0.25, 0.3) is 0 Å². The van der Waals surface area contributed by atoms with Crippen molar-refractivity contribution >= 4 is 5.82 Å². The highest BCUT2D eigenvalue weighted by Gasteiger charge is 2.15. The van der Waals surface area contributed by atoms with Gasteiger partial charge < -0.3 is 4.90 Å². The lowest BCUT2D eigenvalue weighted by atomic mass is 10.2. The summed E-state index contributed by atoms with van der Waals surface area (Å²) in [5.74, 6) is 0.918. The molecule has 1 N–H and O–H groups in total. The maximum absolute atomic E-state index is 3.55. The average molecular weight is 123 g/mol. The van der Waals surface area contributed by atoms with Gasteiger partial charge in [-0.2, -0.15) is 0 Å². The van der Waals surface area contributed by atoms with Crippen LogP contribution in [-0.2, 0) is 0 Å². The van der Waals surface area contributed by atoms with E-state index in [-0.39, 0.29) is 0 Å². The van der Waals surface area contributed by atoms with Crippen LogP contribution >= 0.6 is 0 Å². The summed E-state index contributed by atoms with van der Waals surface area (Å²) in [5.41, 5.74) is 0. The van der Waals surface area contributed by atoms with E-state index in [2.05, 4.69) is 26.5 Å². The molecule has 1 aliphatic heterocycles. The summed E-state index contributed by atoms with van der Waals surface area (Å²) in [7, 11) is 0. The van der Waals surface area contributed by atoms with Gasteiger partial charge in [0, 0.05) is 13.1 Å². The maximum Gasteiger partial charge on any atom is 0.161 e. The molecule has 1 aromatic heterocycles. The van der Waals surface area contributed by atoms with Crippen molar-refractivity contribution in [3.63, 3.8) is 0 Å². The second-order valence-corrected chi connectivity index (χ2v) is 2.11. The largest absolute Gasteiger partial charge is 0.355 e. The Bertz CT molecular complexity index is 177. The molecule has 0 aliphatic carbocycles. The number of nitrogens with one attached hydrogen (secondary N) is 1. The summed E-state index contributed by atoms with van der Waals surface area (Å²) in [5, 5.41) is 9.85. The van der Waals surface area contributed by atoms with E-state index < -0.39 is 0 Å². The Labute approximate surface area is 52.9 Å². The zero-order valence-electron chi connectivity index (χ0n) is 4.96. The molecule has 0 unspecified atom stereocenters. The Hall–Kier alpha value is -1.06. The lowest BCUT2D eigenvalue weighted by Gasteiger charge is -2.30. The van der Waals surface area contributed by atoms with Gasteiger partial charge in [-0.05, 0) is 6.42 Å². The van der Waals surface area contributed by atoms with Gasteiger partial charge >= 0.3 is 0 Å². The van der Waals surface area contributed by atoms with Crippen molar-refractivity contribution in [3.8, 4) is 0 Å². The van der Waals surface area contributed by atoms with Gasteiger partial charge in [-0.1, -0.05) is 5.21 Å². The van der Waals surface area contributed by atoms with Crippen LogP contribution < -0.4 is 4.90 Å². The number of nitrogens with zero attached hydrogens (tertiary/aromatic N) is 3. The fraction of sp³-hybridized carbons (Fsp3) is 0.600. The molecule has 2 rings (SSSR count). The minimum absolute atomic E-state index is 0.918. The number of hydrogen-bond donors (Lipinski definition) is 1. The van der Waals surface area contributed by atoms with Gasteiger partial charge in [-0.15, -0.1) is 5.10 Å². The van der Waals surface area contributed by atoms with E-state index in [9.17, 15) is 0 Å². The first kappa shape index (κ1) is 4.78. The minimum Gasteiger partial charge on any atom is -0.355 e. The van der Waals surface area contributed by atoms with Crippen LogP contribution in [0.2, 0.25) is 0 Å². The highest BCUT2D eigenvalue weighted by atomic mass is 15.4. The van der Waals surface area contributed by atoms with Gasteiger partial charge in [0.15, 0.2) is 12.0 Å². The number of aromatic amines is 1. The fourth-order valence-electron chi connectivity index (χ4n) is 0.851. The van der Waals surface area contributed by atoms with Crippen LogP contribution in [0.15, 0.2) is 0 Å². The first-order chi connectivity index (χ1) is 4.47. The fourth-order valence-corrected chi connectivity index (χ4v) is 0.851. The third-order valence-corrected chi connectivity index (χ3v) is 1.53. The van der Waals surface area contributed by atoms with Crippen molar-refractivity contribution in [2.75, 3.05) is 18.0 Å². The molecule has 9 heavy (non-hydrogen) atoms. The van der Waals surface area contributed by atoms with Crippen molar-refractivity contribution in [2.45, 2.75) is 6.42 Å². The summed E-state index contributed by atoms with van der Waals surface area (Å²) < 4.78 is 0. The number of H-pyrrole nitrogens is 1. The van der Waals surface area contributed by atoms with Crippen LogP contribution in [0, 0.1) is 6.20 Å². The van der Waals surface area contributed by atoms with Crippen LogP contribution in [0.5, 0.6) is 0 Å². The molecule has 4 heteroatoms. The first-order valence-electron chi connectivity index (χ1n) is 3.00. The molecular formula is C5H7N4. The predicted octanol–water partition coefficient (Wildman–Crippen LogP) is -0.185. The summed E-state index contributed by atoms with van der Waals surface area (Å²) in [4.78, 5) is 2.15. The zero-order chi connectivity index (χ0) is 6.10. The van der Waals surface area contributed by atoms with Crippen LogP contribution in [-0.4, -0.2) is 28.5 Å². The normalized spacial score (nSPS) is 17.6. The molecule has 0 bridgehead atoms. The number of rotatable bonds is 1. The first-order valence-corrected chi connectivity index (χ1v) is 3.00. The topological polar surface area (TPSA) is 44.8 Å². The smallest absolute Gasteiger partial charge is 0.161 e. The molecule has 1 saturated heterocycles. The molecule has 1 aromatic rings. The van der Waals surface area contributed by atoms with Gasteiger partial charge in [-0.3, -0.25) is 0 Å². The Morgan fingerprint density at radius 1 is 1.56 bits per heavy atom. The Kier molecular flexibility index (Phi) is 0.913. The lowest BCUT2D eigenvalue weighted by molar-refractivity contribution is 0.608. The van der Waals surface area contributed by atoms with Crippen LogP contribution in [0.3, 0.4) is 0 Å². The van der Waals surface area contributed by atoms with Crippen LogP contribution in [0.1, 0.15) is 6.42 Å². The molecule has 1 aliphatic rings. The van der Waals surface area contributed by atoms with E-state index >= 15 is 0 Å². The second kappa shape index (κ2) is 1.72. The van der Waals surface area contributed by atoms with E-state index in [1.54, 1.807) is 0 Å². The molecule has 2 heterocycles. The Balaban J connectivity index is 2.14. The van der Waals surface area contributed by atoms with E-state index in [0.717, 1.165) is 18.9 Å². The third-order valence-electron chi connectivity index (χ3n) is 1.53. The summed E-state index contributed by atoms with van der Waals surface area (Å²) >= 11 is 0. The maximum atomic E-state index is 3.55. The molecule has 1 radical (unpaired) electrons. The Morgan fingerprint density at radius 2 is 2.44 bits per heavy atom. The molecule has 0 amide bonds. The van der Waals surface area contributed by atoms with E-state index in [1.165, 1.54) is 6.42 Å². The monoisotopic (exact) mass is 123 g/mol. The Morgan fingerprint density at radius 3 is 2.89 bits per heavy atom. The SMILES string of the molecule is [c]1nn[nH]c1N1CCC1. The molecule has 0 spiro atoms. The van der Waals surface area contributed by atoms with Crippen molar-refractivity contribution in [1.82, 2.24) is 15.4 Å². The molecule has 0 aromatic carbocycles. The standard InChI is InChI=1S/C5H7N4/c1-2-9(3-1)5-4-6-8-7-5/h1-3H2,(H,6,7,8). The molecule has 0 atom stereocenters. The van der Waals surface area contributed by atoms with E-state index in [0.29, 0.717) is 0 Å². The van der Waals surface area contributed by atoms with Gasteiger partial charge in [0.2, 0.25) is 0 Å². The van der Waals surface area contributed by atoms with Crippen molar-refractivity contribution in [3.05, 3.63) is 6.20 Å². The van der Waals surface area contributed by atoms with Crippen molar-refractivity contribution in [1.29, 1.82) is 0 Å². The quantitative estimate of drug-likeness (QED) is 0.563. The van der Waals surface area contributed by atoms with Gasteiger partial charge in [0.25, 0.3) is 0 Å². The summed E-state index contributed by atoms with van der Waals surface area (Å²) in [6.07, 6.45) is 4.02. The summed E-state index contributed by atoms with van der Waals surface area (Å²) in [6, 6.07) is 0. The highest BCUT2D eigenvalue weighted by molar-refractivity contribution is 5.35. The summed E-state index contributed by atoms with van der Waals surface area (Å²) in [6.45, 7) is 2.22. The molecule has 0 saturated carbocycles. The van der Waals surface area contributed by atoms with Gasteiger partial charge in [0.1, 0.15) is 0 Å². The third kappa shape index (κ3) is 0.667. The van der Waals surface area contributed by atoms with E-state index in [1.807, 2.05) is 0 Å². The van der Waals surface area contributed by atoms with Gasteiger partial charge in [-0.25, -0.2) is 5.10 Å². The average Bonchev–Trinajstić information content (AvgIpc) is 2.11. The number of hydrogen-bond acceptors (Lipinski definition) is 3. The van der Waals surface area contributed by atoms with E-state index in [4.69, 9.17) is 0 Å². The highest BCUT2D eigenvalue weighted by Crippen LogP contribution is 2.13. The predicted molar refractivity (Wildman–Crippen MR) is 32.0 cm³/mol. The molecule has 4 nitrogen and oxygen atoms in total. The van der Waals surface area contributed by atoms with Crippen molar-refractivity contribution in [2.24, 2.45) is 0 Å². The molecular weight excluding hydrogens is 116 g/mol. The number of aromatic nitrogens is 3. The molecule has 47 valence electrons. The molecule has 1 fully saturated rings. The second-order valence-electron chi connectivity index (χ2n) is 2.11. The zero-order valence-corrected chi connectivity index (χ0v) is 4.96. The van der Waals surface area contributed by atoms with Crippen LogP contribution in [0.4, 0.5) is 5.82 Å². The minimum atomic E-state index is 0.918. The number of anilines is 1. The van der Waals surface area contributed by atoms with Gasteiger partial charge in [0.05, 0.1) is 0 Å². The van der Waals surface area contributed by atoms with Crippen molar-refractivity contribution < 1.29 is 0 Å². The lowest BCUT2D eigenvalue weighted by Crippen LogP contribution is -2.37.